The van der Waals surface area contributed by atoms with Crippen LogP contribution in [-0.4, -0.2) is 55.8 Å². The number of sulfonamides is 1. The number of rotatable bonds is 5. The van der Waals surface area contributed by atoms with Gasteiger partial charge in [0.1, 0.15) is 0 Å². The second-order valence-corrected chi connectivity index (χ2v) is 9.89. The number of oxazole rings is 1. The molecule has 3 rings (SSSR count). The van der Waals surface area contributed by atoms with Crippen molar-refractivity contribution in [2.24, 2.45) is 11.8 Å². The van der Waals surface area contributed by atoms with Gasteiger partial charge in [0.2, 0.25) is 10.0 Å². The molecule has 1 aromatic heterocycles. The van der Waals surface area contributed by atoms with Crippen LogP contribution in [0.25, 0.3) is 11.3 Å². The largest absolute Gasteiger partial charge is 0.441 e. The maximum atomic E-state index is 13.4. The maximum Gasteiger partial charge on any atom is 0.243 e. The normalized spacial score (nSPS) is 21.5. The summed E-state index contributed by atoms with van der Waals surface area (Å²) in [6.45, 7) is 9.00. The fraction of sp³-hybridized carbons (Fsp3) is 0.550. The third-order valence-corrected chi connectivity index (χ3v) is 7.50. The van der Waals surface area contributed by atoms with Crippen molar-refractivity contribution in [3.63, 3.8) is 0 Å². The first-order chi connectivity index (χ1) is 12.6. The molecule has 1 saturated heterocycles. The summed E-state index contributed by atoms with van der Waals surface area (Å²) in [7, 11) is 0.463. The van der Waals surface area contributed by atoms with Crippen LogP contribution in [0.2, 0.25) is 0 Å². The summed E-state index contributed by atoms with van der Waals surface area (Å²) in [5.41, 5.74) is 1.47. The first-order valence-electron chi connectivity index (χ1n) is 9.31. The fourth-order valence-electron chi connectivity index (χ4n) is 3.84. The Morgan fingerprint density at radius 1 is 1.22 bits per heavy atom. The third-order valence-electron chi connectivity index (χ3n) is 5.53. The van der Waals surface area contributed by atoms with Gasteiger partial charge in [0.15, 0.2) is 11.7 Å². The standard InChI is InChI=1S/C20H29N3O3S/c1-13(2)17-11-23(12-18(17)22(5)6)27(24,25)20-9-16(8-7-14(20)3)19-10-21-15(4)26-19/h7-10,13,17-18H,11-12H2,1-6H3/t17-,18+/m0/s1. The number of hydrogen-bond acceptors (Lipinski definition) is 5. The fourth-order valence-corrected chi connectivity index (χ4v) is 5.58. The molecule has 1 aliphatic heterocycles. The van der Waals surface area contributed by atoms with E-state index in [1.54, 1.807) is 23.5 Å². The van der Waals surface area contributed by atoms with Crippen LogP contribution >= 0.6 is 0 Å². The molecule has 6 nitrogen and oxygen atoms in total. The molecule has 2 aromatic rings. The lowest BCUT2D eigenvalue weighted by Gasteiger charge is -2.27. The van der Waals surface area contributed by atoms with E-state index in [2.05, 4.69) is 23.7 Å². The van der Waals surface area contributed by atoms with Gasteiger partial charge in [-0.15, -0.1) is 0 Å². The highest BCUT2D eigenvalue weighted by molar-refractivity contribution is 7.89. The summed E-state index contributed by atoms with van der Waals surface area (Å²) >= 11 is 0. The maximum absolute atomic E-state index is 13.4. The average molecular weight is 392 g/mol. The van der Waals surface area contributed by atoms with Gasteiger partial charge in [0.05, 0.1) is 11.1 Å². The van der Waals surface area contributed by atoms with Crippen molar-refractivity contribution >= 4 is 10.0 Å². The molecular weight excluding hydrogens is 362 g/mol. The van der Waals surface area contributed by atoms with E-state index in [0.717, 1.165) is 11.1 Å². The number of benzene rings is 1. The Kier molecular flexibility index (Phi) is 5.47. The van der Waals surface area contributed by atoms with E-state index < -0.39 is 10.0 Å². The minimum absolute atomic E-state index is 0.222. The molecule has 0 N–H and O–H groups in total. The number of aryl methyl sites for hydroxylation is 2. The molecule has 0 aliphatic carbocycles. The number of aromatic nitrogens is 1. The van der Waals surface area contributed by atoms with Crippen molar-refractivity contribution in [3.8, 4) is 11.3 Å². The van der Waals surface area contributed by atoms with Gasteiger partial charge in [0, 0.05) is 31.6 Å². The van der Waals surface area contributed by atoms with Crippen LogP contribution in [-0.2, 0) is 10.0 Å². The Hall–Kier alpha value is -1.70. The summed E-state index contributed by atoms with van der Waals surface area (Å²) in [5.74, 6) is 1.87. The van der Waals surface area contributed by atoms with Crippen molar-refractivity contribution in [2.75, 3.05) is 27.2 Å². The molecule has 0 unspecified atom stereocenters. The Labute approximate surface area is 162 Å². The van der Waals surface area contributed by atoms with Crippen LogP contribution in [0.15, 0.2) is 33.7 Å². The van der Waals surface area contributed by atoms with Crippen LogP contribution in [0.5, 0.6) is 0 Å². The summed E-state index contributed by atoms with van der Waals surface area (Å²) in [6.07, 6.45) is 1.63. The molecule has 0 spiro atoms. The van der Waals surface area contributed by atoms with Crippen molar-refractivity contribution in [3.05, 3.63) is 35.9 Å². The lowest BCUT2D eigenvalue weighted by atomic mass is 9.91. The second-order valence-electron chi connectivity index (χ2n) is 7.98. The molecular formula is C20H29N3O3S. The van der Waals surface area contributed by atoms with Gasteiger partial charge in [-0.2, -0.15) is 4.31 Å². The monoisotopic (exact) mass is 391 g/mol. The lowest BCUT2D eigenvalue weighted by Crippen LogP contribution is -2.37. The summed E-state index contributed by atoms with van der Waals surface area (Å²) in [6, 6.07) is 5.63. The predicted octanol–water partition coefficient (Wildman–Crippen LogP) is 3.17. The van der Waals surface area contributed by atoms with Crippen LogP contribution in [0.4, 0.5) is 0 Å². The summed E-state index contributed by atoms with van der Waals surface area (Å²) in [4.78, 5) is 6.59. The molecule has 0 amide bonds. The smallest absolute Gasteiger partial charge is 0.243 e. The van der Waals surface area contributed by atoms with Crippen molar-refractivity contribution in [1.29, 1.82) is 0 Å². The molecule has 2 atom stereocenters. The van der Waals surface area contributed by atoms with Crippen LogP contribution < -0.4 is 0 Å². The zero-order valence-electron chi connectivity index (χ0n) is 16.9. The van der Waals surface area contributed by atoms with Gasteiger partial charge in [-0.1, -0.05) is 26.0 Å². The van der Waals surface area contributed by atoms with Gasteiger partial charge in [-0.25, -0.2) is 13.4 Å². The average Bonchev–Trinajstić information content (AvgIpc) is 3.22. The molecule has 1 aromatic carbocycles. The lowest BCUT2D eigenvalue weighted by molar-refractivity contribution is 0.216. The Morgan fingerprint density at radius 2 is 1.93 bits per heavy atom. The molecule has 148 valence electrons. The molecule has 1 aliphatic rings. The molecule has 1 fully saturated rings. The predicted molar refractivity (Wildman–Crippen MR) is 106 cm³/mol. The van der Waals surface area contributed by atoms with E-state index >= 15 is 0 Å². The highest BCUT2D eigenvalue weighted by Crippen LogP contribution is 2.33. The van der Waals surface area contributed by atoms with E-state index in [1.165, 1.54) is 0 Å². The molecule has 0 radical (unpaired) electrons. The molecule has 27 heavy (non-hydrogen) atoms. The van der Waals surface area contributed by atoms with Gasteiger partial charge in [-0.05, 0) is 44.5 Å². The van der Waals surface area contributed by atoms with Crippen LogP contribution in [0, 0.1) is 25.7 Å². The Bertz CT molecular complexity index is 902. The number of likely N-dealkylation sites (N-methyl/N-ethyl adjacent to an activating group) is 1. The first-order valence-corrected chi connectivity index (χ1v) is 10.7. The topological polar surface area (TPSA) is 66.7 Å². The van der Waals surface area contributed by atoms with Gasteiger partial charge < -0.3 is 9.32 Å². The third kappa shape index (κ3) is 3.81. The van der Waals surface area contributed by atoms with Crippen LogP contribution in [0.3, 0.4) is 0 Å². The van der Waals surface area contributed by atoms with E-state index in [0.29, 0.717) is 41.5 Å². The molecule has 0 bridgehead atoms. The summed E-state index contributed by atoms with van der Waals surface area (Å²) in [5, 5.41) is 0. The zero-order valence-corrected chi connectivity index (χ0v) is 17.7. The van der Waals surface area contributed by atoms with Crippen molar-refractivity contribution in [2.45, 2.75) is 38.6 Å². The Morgan fingerprint density at radius 3 is 2.44 bits per heavy atom. The minimum atomic E-state index is -3.58. The SMILES string of the molecule is Cc1ncc(-c2ccc(C)c(S(=O)(=O)N3C[C@@H](N(C)C)[C@H](C(C)C)C3)c2)o1. The van der Waals surface area contributed by atoms with Crippen molar-refractivity contribution in [1.82, 2.24) is 14.2 Å². The van der Waals surface area contributed by atoms with E-state index in [9.17, 15) is 8.42 Å². The van der Waals surface area contributed by atoms with Crippen LogP contribution in [0.1, 0.15) is 25.3 Å². The molecule has 0 saturated carbocycles. The molecule has 2 heterocycles. The van der Waals surface area contributed by atoms with Gasteiger partial charge in [-0.3, -0.25) is 0 Å². The quantitative estimate of drug-likeness (QED) is 0.783. The zero-order chi connectivity index (χ0) is 19.9. The molecule has 7 heteroatoms. The van der Waals surface area contributed by atoms with E-state index in [1.807, 2.05) is 33.2 Å². The highest BCUT2D eigenvalue weighted by Gasteiger charge is 2.41. The van der Waals surface area contributed by atoms with Gasteiger partial charge >= 0.3 is 0 Å². The van der Waals surface area contributed by atoms with E-state index in [4.69, 9.17) is 4.42 Å². The number of nitrogens with zero attached hydrogens (tertiary/aromatic N) is 3. The van der Waals surface area contributed by atoms with E-state index in [-0.39, 0.29) is 6.04 Å². The minimum Gasteiger partial charge on any atom is -0.441 e. The summed E-state index contributed by atoms with van der Waals surface area (Å²) < 4.78 is 34.1. The highest BCUT2D eigenvalue weighted by atomic mass is 32.2. The number of hydrogen-bond donors (Lipinski definition) is 0. The van der Waals surface area contributed by atoms with Gasteiger partial charge in [0.25, 0.3) is 0 Å². The second kappa shape index (κ2) is 7.37. The van der Waals surface area contributed by atoms with Crippen molar-refractivity contribution < 1.29 is 12.8 Å². The Balaban J connectivity index is 1.98. The first kappa shape index (κ1) is 20.0.